The smallest absolute Gasteiger partial charge is 0.203 e. The molecule has 32 heavy (non-hydrogen) atoms. The van der Waals surface area contributed by atoms with Crippen LogP contribution in [0, 0.1) is 0 Å². The third kappa shape index (κ3) is 6.29. The average molecular weight is 441 g/mol. The van der Waals surface area contributed by atoms with Gasteiger partial charge in [-0.25, -0.2) is 0 Å². The molecule has 2 N–H and O–H groups in total. The first-order chi connectivity index (χ1) is 15.7. The zero-order valence-electron chi connectivity index (χ0n) is 19.7. The summed E-state index contributed by atoms with van der Waals surface area (Å²) in [5, 5.41) is 6.89. The van der Waals surface area contributed by atoms with Crippen molar-refractivity contribution in [1.29, 1.82) is 0 Å². The highest BCUT2D eigenvalue weighted by Gasteiger charge is 2.24. The fourth-order valence-corrected chi connectivity index (χ4v) is 4.10. The van der Waals surface area contributed by atoms with E-state index in [2.05, 4.69) is 50.9 Å². The Morgan fingerprint density at radius 1 is 1.06 bits per heavy atom. The van der Waals surface area contributed by atoms with Gasteiger partial charge in [0.2, 0.25) is 5.75 Å². The molecule has 1 atom stereocenters. The van der Waals surface area contributed by atoms with Gasteiger partial charge >= 0.3 is 0 Å². The second-order valence-electron chi connectivity index (χ2n) is 7.82. The summed E-state index contributed by atoms with van der Waals surface area (Å²) < 4.78 is 16.7. The zero-order valence-corrected chi connectivity index (χ0v) is 19.7. The van der Waals surface area contributed by atoms with Crippen LogP contribution in [0.5, 0.6) is 17.2 Å². The number of nitrogens with zero attached hydrogens (tertiary/aromatic N) is 2. The van der Waals surface area contributed by atoms with Gasteiger partial charge in [0.05, 0.1) is 20.8 Å². The Bertz CT molecular complexity index is 848. The third-order valence-corrected chi connectivity index (χ3v) is 5.73. The molecule has 1 saturated heterocycles. The van der Waals surface area contributed by atoms with Gasteiger partial charge in [-0.2, -0.15) is 0 Å². The van der Waals surface area contributed by atoms with Crippen molar-refractivity contribution in [2.45, 2.75) is 38.9 Å². The lowest BCUT2D eigenvalue weighted by molar-refractivity contribution is 0.245. The normalized spacial score (nSPS) is 16.6. The van der Waals surface area contributed by atoms with E-state index in [0.717, 1.165) is 31.2 Å². The van der Waals surface area contributed by atoms with Gasteiger partial charge in [0.1, 0.15) is 0 Å². The van der Waals surface area contributed by atoms with Crippen LogP contribution in [0.3, 0.4) is 0 Å². The fourth-order valence-electron chi connectivity index (χ4n) is 4.10. The van der Waals surface area contributed by atoms with Gasteiger partial charge in [-0.1, -0.05) is 30.3 Å². The molecule has 3 rings (SSSR count). The Hall–Kier alpha value is -2.93. The number of likely N-dealkylation sites (tertiary alicyclic amines) is 1. The minimum atomic E-state index is 0.499. The molecule has 1 fully saturated rings. The van der Waals surface area contributed by atoms with E-state index in [1.54, 1.807) is 21.3 Å². The van der Waals surface area contributed by atoms with Gasteiger partial charge in [0.25, 0.3) is 0 Å². The highest BCUT2D eigenvalue weighted by molar-refractivity contribution is 5.79. The molecule has 0 aliphatic carbocycles. The highest BCUT2D eigenvalue weighted by Crippen LogP contribution is 2.38. The van der Waals surface area contributed by atoms with E-state index < -0.39 is 0 Å². The van der Waals surface area contributed by atoms with E-state index in [1.165, 1.54) is 18.4 Å². The minimum absolute atomic E-state index is 0.499. The van der Waals surface area contributed by atoms with Crippen LogP contribution in [-0.2, 0) is 13.1 Å². The Balaban J connectivity index is 1.56. The van der Waals surface area contributed by atoms with Gasteiger partial charge in [0.15, 0.2) is 17.5 Å². The van der Waals surface area contributed by atoms with Gasteiger partial charge in [-0.15, -0.1) is 0 Å². The van der Waals surface area contributed by atoms with E-state index in [0.29, 0.717) is 36.4 Å². The van der Waals surface area contributed by atoms with Crippen molar-refractivity contribution in [2.75, 3.05) is 41.0 Å². The summed E-state index contributed by atoms with van der Waals surface area (Å²) >= 11 is 0. The quantitative estimate of drug-likeness (QED) is 0.436. The number of rotatable bonds is 10. The number of methoxy groups -OCH3 is 2. The summed E-state index contributed by atoms with van der Waals surface area (Å²) in [4.78, 5) is 6.95. The van der Waals surface area contributed by atoms with Crippen molar-refractivity contribution in [3.05, 3.63) is 53.6 Å². The molecule has 2 aromatic carbocycles. The van der Waals surface area contributed by atoms with Gasteiger partial charge in [0, 0.05) is 32.7 Å². The highest BCUT2D eigenvalue weighted by atomic mass is 16.5. The van der Waals surface area contributed by atoms with E-state index in [4.69, 9.17) is 14.2 Å². The molecule has 0 amide bonds. The SMILES string of the molecule is CCOc1c(OC)cc(CNC(=NC)NCC2CCCN2Cc2ccccc2)cc1OC. The Labute approximate surface area is 191 Å². The fraction of sp³-hybridized carbons (Fsp3) is 0.480. The summed E-state index contributed by atoms with van der Waals surface area (Å²) in [7, 11) is 5.07. The molecular formula is C25H36N4O3. The van der Waals surface area contributed by atoms with E-state index >= 15 is 0 Å². The van der Waals surface area contributed by atoms with Crippen molar-refractivity contribution < 1.29 is 14.2 Å². The lowest BCUT2D eigenvalue weighted by atomic mass is 10.1. The third-order valence-electron chi connectivity index (χ3n) is 5.73. The van der Waals surface area contributed by atoms with Crippen LogP contribution in [-0.4, -0.2) is 57.9 Å². The molecule has 0 aromatic heterocycles. The molecule has 2 aromatic rings. The van der Waals surface area contributed by atoms with Crippen LogP contribution in [0.15, 0.2) is 47.5 Å². The molecule has 174 valence electrons. The van der Waals surface area contributed by atoms with Crippen molar-refractivity contribution in [3.8, 4) is 17.2 Å². The molecule has 1 heterocycles. The van der Waals surface area contributed by atoms with Crippen molar-refractivity contribution in [3.63, 3.8) is 0 Å². The molecule has 0 spiro atoms. The topological polar surface area (TPSA) is 67.4 Å². The maximum absolute atomic E-state index is 5.69. The number of guanidine groups is 1. The van der Waals surface area contributed by atoms with Crippen LogP contribution in [0.25, 0.3) is 0 Å². The molecule has 1 aliphatic rings. The van der Waals surface area contributed by atoms with E-state index in [-0.39, 0.29) is 0 Å². The Morgan fingerprint density at radius 2 is 1.78 bits per heavy atom. The molecule has 7 nitrogen and oxygen atoms in total. The van der Waals surface area contributed by atoms with Crippen LogP contribution >= 0.6 is 0 Å². The second-order valence-corrected chi connectivity index (χ2v) is 7.82. The summed E-state index contributed by atoms with van der Waals surface area (Å²) in [6.07, 6.45) is 2.43. The molecular weight excluding hydrogens is 404 g/mol. The number of ether oxygens (including phenoxy) is 3. The zero-order chi connectivity index (χ0) is 22.8. The van der Waals surface area contributed by atoms with Crippen LogP contribution in [0.2, 0.25) is 0 Å². The summed E-state index contributed by atoms with van der Waals surface area (Å²) in [5.41, 5.74) is 2.39. The largest absolute Gasteiger partial charge is 0.493 e. The van der Waals surface area contributed by atoms with E-state index in [9.17, 15) is 0 Å². The number of aliphatic imine (C=N–C) groups is 1. The lowest BCUT2D eigenvalue weighted by Crippen LogP contribution is -2.44. The van der Waals surface area contributed by atoms with Crippen molar-refractivity contribution >= 4 is 5.96 Å². The Kier molecular flexibility index (Phi) is 9.04. The molecule has 1 aliphatic heterocycles. The number of nitrogens with one attached hydrogen (secondary N) is 2. The van der Waals surface area contributed by atoms with Crippen molar-refractivity contribution in [1.82, 2.24) is 15.5 Å². The molecule has 1 unspecified atom stereocenters. The number of benzene rings is 2. The maximum atomic E-state index is 5.69. The first kappa shape index (κ1) is 23.7. The van der Waals surface area contributed by atoms with Crippen LogP contribution < -0.4 is 24.8 Å². The van der Waals surface area contributed by atoms with Gasteiger partial charge in [-0.05, 0) is 49.6 Å². The van der Waals surface area contributed by atoms with Crippen LogP contribution in [0.4, 0.5) is 0 Å². The predicted octanol–water partition coefficient (Wildman–Crippen LogP) is 3.43. The molecule has 7 heteroatoms. The first-order valence-corrected chi connectivity index (χ1v) is 11.3. The van der Waals surface area contributed by atoms with Crippen LogP contribution in [0.1, 0.15) is 30.9 Å². The first-order valence-electron chi connectivity index (χ1n) is 11.3. The average Bonchev–Trinajstić information content (AvgIpc) is 3.27. The summed E-state index contributed by atoms with van der Waals surface area (Å²) in [5.74, 6) is 2.73. The number of hydrogen-bond donors (Lipinski definition) is 2. The monoisotopic (exact) mass is 440 g/mol. The number of hydrogen-bond acceptors (Lipinski definition) is 5. The standard InChI is InChI=1S/C25H36N4O3/c1-5-32-24-22(30-3)14-20(15-23(24)31-4)16-27-25(26-2)28-17-21-12-9-13-29(21)18-19-10-7-6-8-11-19/h6-8,10-11,14-15,21H,5,9,12-13,16-18H2,1-4H3,(H2,26,27,28). The predicted molar refractivity (Wildman–Crippen MR) is 129 cm³/mol. The van der Waals surface area contributed by atoms with Gasteiger partial charge < -0.3 is 24.8 Å². The van der Waals surface area contributed by atoms with Crippen molar-refractivity contribution in [2.24, 2.45) is 4.99 Å². The van der Waals surface area contributed by atoms with E-state index in [1.807, 2.05) is 19.1 Å². The summed E-state index contributed by atoms with van der Waals surface area (Å²) in [6.45, 7) is 6.07. The Morgan fingerprint density at radius 3 is 2.41 bits per heavy atom. The summed E-state index contributed by atoms with van der Waals surface area (Å²) in [6, 6.07) is 15.1. The maximum Gasteiger partial charge on any atom is 0.203 e. The molecule has 0 bridgehead atoms. The van der Waals surface area contributed by atoms with Gasteiger partial charge in [-0.3, -0.25) is 9.89 Å². The lowest BCUT2D eigenvalue weighted by Gasteiger charge is -2.25. The molecule has 0 saturated carbocycles. The second kappa shape index (κ2) is 12.2. The molecule has 0 radical (unpaired) electrons. The minimum Gasteiger partial charge on any atom is -0.493 e.